The van der Waals surface area contributed by atoms with Crippen molar-refractivity contribution in [1.82, 2.24) is 9.71 Å². The Morgan fingerprint density at radius 3 is 2.70 bits per heavy atom. The molecule has 0 spiro atoms. The van der Waals surface area contributed by atoms with Gasteiger partial charge in [0.15, 0.2) is 0 Å². The molecule has 0 aliphatic carbocycles. The first-order chi connectivity index (χ1) is 9.29. The van der Waals surface area contributed by atoms with Crippen LogP contribution >= 0.6 is 22.9 Å². The maximum atomic E-state index is 12.3. The van der Waals surface area contributed by atoms with Crippen LogP contribution in [0.4, 0.5) is 5.69 Å². The molecule has 0 fully saturated rings. The summed E-state index contributed by atoms with van der Waals surface area (Å²) in [6, 6.07) is 2.92. The quantitative estimate of drug-likeness (QED) is 0.843. The molecule has 0 saturated carbocycles. The van der Waals surface area contributed by atoms with Crippen LogP contribution in [0.5, 0.6) is 0 Å². The summed E-state index contributed by atoms with van der Waals surface area (Å²) in [5.74, 6) is 0. The largest absolute Gasteiger partial charge is 0.398 e. The second-order valence-corrected chi connectivity index (χ2v) is 7.44. The number of sulfonamides is 1. The topological polar surface area (TPSA) is 85.1 Å². The first-order valence-corrected chi connectivity index (χ1v) is 8.50. The Hall–Kier alpha value is -1.15. The van der Waals surface area contributed by atoms with Gasteiger partial charge in [-0.25, -0.2) is 18.1 Å². The normalized spacial score (nSPS) is 11.8. The Morgan fingerprint density at radius 1 is 1.40 bits per heavy atom. The molecule has 1 heterocycles. The zero-order valence-corrected chi connectivity index (χ0v) is 13.4. The summed E-state index contributed by atoms with van der Waals surface area (Å²) in [5, 5.41) is 2.86. The van der Waals surface area contributed by atoms with Gasteiger partial charge in [0.2, 0.25) is 10.0 Å². The lowest BCUT2D eigenvalue weighted by molar-refractivity contribution is 0.580. The highest BCUT2D eigenvalue weighted by molar-refractivity contribution is 7.89. The van der Waals surface area contributed by atoms with Crippen molar-refractivity contribution in [2.45, 2.75) is 25.3 Å². The monoisotopic (exact) mass is 331 g/mol. The summed E-state index contributed by atoms with van der Waals surface area (Å²) in [4.78, 5) is 4.30. The van der Waals surface area contributed by atoms with Gasteiger partial charge in [-0.3, -0.25) is 0 Å². The molecule has 2 aromatic rings. The third-order valence-electron chi connectivity index (χ3n) is 2.73. The number of nitrogens with two attached hydrogens (primary N) is 1. The van der Waals surface area contributed by atoms with Gasteiger partial charge >= 0.3 is 0 Å². The molecule has 0 aliphatic rings. The summed E-state index contributed by atoms with van der Waals surface area (Å²) >= 11 is 7.27. The minimum absolute atomic E-state index is 0.0933. The number of nitrogens with one attached hydrogen (secondary N) is 1. The van der Waals surface area contributed by atoms with Crippen molar-refractivity contribution in [2.75, 3.05) is 5.73 Å². The standard InChI is InChI=1S/C12H14ClN3O2S2/c1-7-6-19-12(16-7)5-15-20(17,18)11-4-9(13)3-10(14)8(11)2/h3-4,6,15H,5,14H2,1-2H3. The van der Waals surface area contributed by atoms with Crippen LogP contribution in [0.3, 0.4) is 0 Å². The molecular weight excluding hydrogens is 318 g/mol. The maximum Gasteiger partial charge on any atom is 0.241 e. The van der Waals surface area contributed by atoms with Gasteiger partial charge < -0.3 is 5.73 Å². The molecule has 0 bridgehead atoms. The number of aromatic nitrogens is 1. The average molecular weight is 332 g/mol. The van der Waals surface area contributed by atoms with E-state index in [2.05, 4.69) is 9.71 Å². The predicted octanol–water partition coefficient (Wildman–Crippen LogP) is 2.47. The maximum absolute atomic E-state index is 12.3. The molecule has 2 rings (SSSR count). The highest BCUT2D eigenvalue weighted by Crippen LogP contribution is 2.26. The van der Waals surface area contributed by atoms with E-state index in [9.17, 15) is 8.42 Å². The second kappa shape index (κ2) is 5.69. The fraction of sp³-hybridized carbons (Fsp3) is 0.250. The number of hydrogen-bond donors (Lipinski definition) is 2. The lowest BCUT2D eigenvalue weighted by Crippen LogP contribution is -2.24. The Kier molecular flexibility index (Phi) is 4.33. The minimum atomic E-state index is -3.67. The summed E-state index contributed by atoms with van der Waals surface area (Å²) in [6.07, 6.45) is 0. The van der Waals surface area contributed by atoms with E-state index in [-0.39, 0.29) is 11.4 Å². The van der Waals surface area contributed by atoms with Crippen LogP contribution in [0.1, 0.15) is 16.3 Å². The number of halogens is 1. The van der Waals surface area contributed by atoms with Crippen LogP contribution in [0.15, 0.2) is 22.4 Å². The van der Waals surface area contributed by atoms with Crippen molar-refractivity contribution < 1.29 is 8.42 Å². The molecule has 0 aliphatic heterocycles. The molecule has 3 N–H and O–H groups in total. The number of nitrogen functional groups attached to an aromatic ring is 1. The highest BCUT2D eigenvalue weighted by atomic mass is 35.5. The first kappa shape index (κ1) is 15.2. The van der Waals surface area contributed by atoms with Crippen LogP contribution in [0, 0.1) is 13.8 Å². The summed E-state index contributed by atoms with van der Waals surface area (Å²) in [6.45, 7) is 3.65. The molecule has 0 saturated heterocycles. The number of anilines is 1. The van der Waals surface area contributed by atoms with Gasteiger partial charge in [-0.1, -0.05) is 11.6 Å². The van der Waals surface area contributed by atoms with E-state index in [4.69, 9.17) is 17.3 Å². The van der Waals surface area contributed by atoms with Gasteiger partial charge in [0.05, 0.1) is 11.4 Å². The first-order valence-electron chi connectivity index (χ1n) is 5.76. The van der Waals surface area contributed by atoms with Crippen LogP contribution in [0.25, 0.3) is 0 Å². The third-order valence-corrected chi connectivity index (χ3v) is 5.45. The number of rotatable bonds is 4. The molecule has 8 heteroatoms. The lowest BCUT2D eigenvalue weighted by Gasteiger charge is -2.11. The van der Waals surface area contributed by atoms with Gasteiger partial charge in [0.1, 0.15) is 5.01 Å². The van der Waals surface area contributed by atoms with Gasteiger partial charge in [-0.05, 0) is 31.5 Å². The Bertz CT molecular complexity index is 741. The minimum Gasteiger partial charge on any atom is -0.398 e. The molecule has 0 amide bonds. The van der Waals surface area contributed by atoms with E-state index in [1.807, 2.05) is 12.3 Å². The molecule has 108 valence electrons. The smallest absolute Gasteiger partial charge is 0.241 e. The molecule has 5 nitrogen and oxygen atoms in total. The van der Waals surface area contributed by atoms with E-state index < -0.39 is 10.0 Å². The summed E-state index contributed by atoms with van der Waals surface area (Å²) < 4.78 is 27.1. The average Bonchev–Trinajstić information content (AvgIpc) is 2.77. The van der Waals surface area contributed by atoms with Gasteiger partial charge in [0, 0.05) is 21.8 Å². The van der Waals surface area contributed by atoms with Crippen molar-refractivity contribution >= 4 is 38.6 Å². The fourth-order valence-corrected chi connectivity index (χ4v) is 4.05. The molecule has 0 atom stereocenters. The van der Waals surface area contributed by atoms with E-state index in [1.54, 1.807) is 6.92 Å². The van der Waals surface area contributed by atoms with Crippen molar-refractivity contribution in [1.29, 1.82) is 0 Å². The summed E-state index contributed by atoms with van der Waals surface area (Å²) in [5.41, 5.74) is 7.44. The van der Waals surface area contributed by atoms with E-state index in [0.717, 1.165) is 5.69 Å². The van der Waals surface area contributed by atoms with Gasteiger partial charge in [-0.15, -0.1) is 11.3 Å². The SMILES string of the molecule is Cc1csc(CNS(=O)(=O)c2cc(Cl)cc(N)c2C)n1. The van der Waals surface area contributed by atoms with Gasteiger partial charge in [0.25, 0.3) is 0 Å². The molecular formula is C12H14ClN3O2S2. The van der Waals surface area contributed by atoms with E-state index in [0.29, 0.717) is 21.3 Å². The third kappa shape index (κ3) is 3.29. The highest BCUT2D eigenvalue weighted by Gasteiger charge is 2.19. The second-order valence-electron chi connectivity index (χ2n) is 4.33. The molecule has 0 unspecified atom stereocenters. The van der Waals surface area contributed by atoms with Crippen molar-refractivity contribution in [3.05, 3.63) is 38.8 Å². The van der Waals surface area contributed by atoms with E-state index >= 15 is 0 Å². The number of thiazole rings is 1. The lowest BCUT2D eigenvalue weighted by atomic mass is 10.2. The van der Waals surface area contributed by atoms with Crippen molar-refractivity contribution in [3.8, 4) is 0 Å². The van der Waals surface area contributed by atoms with Crippen LogP contribution in [-0.4, -0.2) is 13.4 Å². The van der Waals surface area contributed by atoms with Crippen LogP contribution in [-0.2, 0) is 16.6 Å². The van der Waals surface area contributed by atoms with Crippen molar-refractivity contribution in [2.24, 2.45) is 0 Å². The number of nitrogens with zero attached hydrogens (tertiary/aromatic N) is 1. The van der Waals surface area contributed by atoms with Crippen LogP contribution < -0.4 is 10.5 Å². The van der Waals surface area contributed by atoms with Crippen molar-refractivity contribution in [3.63, 3.8) is 0 Å². The Morgan fingerprint density at radius 2 is 2.10 bits per heavy atom. The predicted molar refractivity (Wildman–Crippen MR) is 81.5 cm³/mol. The number of aryl methyl sites for hydroxylation is 1. The van der Waals surface area contributed by atoms with E-state index in [1.165, 1.54) is 23.5 Å². The molecule has 0 radical (unpaired) electrons. The fourth-order valence-electron chi connectivity index (χ4n) is 1.67. The number of hydrogen-bond acceptors (Lipinski definition) is 5. The zero-order chi connectivity index (χ0) is 14.9. The number of benzene rings is 1. The summed E-state index contributed by atoms with van der Waals surface area (Å²) in [7, 11) is -3.67. The van der Waals surface area contributed by atoms with Gasteiger partial charge in [-0.2, -0.15) is 0 Å². The Balaban J connectivity index is 2.27. The van der Waals surface area contributed by atoms with Crippen LogP contribution in [0.2, 0.25) is 5.02 Å². The Labute approximate surface area is 126 Å². The molecule has 1 aromatic heterocycles. The molecule has 1 aromatic carbocycles. The molecule has 20 heavy (non-hydrogen) atoms. The zero-order valence-electron chi connectivity index (χ0n) is 11.0.